The van der Waals surface area contributed by atoms with Gasteiger partial charge < -0.3 is 11.1 Å². The van der Waals surface area contributed by atoms with Crippen LogP contribution in [-0.4, -0.2) is 32.5 Å². The number of rotatable bonds is 7. The van der Waals surface area contributed by atoms with Crippen LogP contribution in [0.25, 0.3) is 0 Å². The molecule has 2 aromatic carbocycles. The number of nitrogens with two attached hydrogens (primary N) is 1. The van der Waals surface area contributed by atoms with Crippen molar-refractivity contribution in [2.75, 3.05) is 15.9 Å². The van der Waals surface area contributed by atoms with Gasteiger partial charge in [-0.15, -0.1) is 0 Å². The Balaban J connectivity index is 2.49. The van der Waals surface area contributed by atoms with Crippen LogP contribution in [0, 0.1) is 13.8 Å². The van der Waals surface area contributed by atoms with Gasteiger partial charge >= 0.3 is 0 Å². The molecular formula is C20H25N3O4S. The maximum absolute atomic E-state index is 13.0. The summed E-state index contributed by atoms with van der Waals surface area (Å²) in [6.45, 7) is 5.38. The van der Waals surface area contributed by atoms with Crippen molar-refractivity contribution < 1.29 is 18.0 Å². The van der Waals surface area contributed by atoms with Gasteiger partial charge in [0.15, 0.2) is 0 Å². The standard InChI is InChI=1S/C20H25N3O4S/c1-5-17(20(25)22-16-9-7-6-8-15(16)19(21)24)23(28(4,26)27)18-12-13(2)10-11-14(18)3/h6-12,17H,5H2,1-4H3,(H2,21,24)(H,22,25). The van der Waals surface area contributed by atoms with Gasteiger partial charge in [0, 0.05) is 0 Å². The van der Waals surface area contributed by atoms with Gasteiger partial charge in [-0.3, -0.25) is 13.9 Å². The largest absolute Gasteiger partial charge is 0.366 e. The molecule has 28 heavy (non-hydrogen) atoms. The minimum Gasteiger partial charge on any atom is -0.366 e. The molecule has 0 aliphatic rings. The van der Waals surface area contributed by atoms with E-state index in [4.69, 9.17) is 5.73 Å². The van der Waals surface area contributed by atoms with E-state index in [1.54, 1.807) is 38.1 Å². The molecule has 3 N–H and O–H groups in total. The van der Waals surface area contributed by atoms with Gasteiger partial charge in [0.2, 0.25) is 15.9 Å². The number of nitrogens with zero attached hydrogens (tertiary/aromatic N) is 1. The molecule has 2 aromatic rings. The molecule has 0 aliphatic carbocycles. The molecule has 0 spiro atoms. The molecule has 2 amide bonds. The normalized spacial score (nSPS) is 12.3. The molecule has 150 valence electrons. The fraction of sp³-hybridized carbons (Fsp3) is 0.300. The monoisotopic (exact) mass is 403 g/mol. The smallest absolute Gasteiger partial charge is 0.250 e. The number of para-hydroxylation sites is 1. The third-order valence-electron chi connectivity index (χ3n) is 4.38. The summed E-state index contributed by atoms with van der Waals surface area (Å²) < 4.78 is 26.3. The van der Waals surface area contributed by atoms with Gasteiger partial charge in [0.05, 0.1) is 23.2 Å². The van der Waals surface area contributed by atoms with Crippen molar-refractivity contribution in [2.45, 2.75) is 33.2 Å². The van der Waals surface area contributed by atoms with Crippen molar-refractivity contribution in [1.29, 1.82) is 0 Å². The topological polar surface area (TPSA) is 110 Å². The fourth-order valence-corrected chi connectivity index (χ4v) is 4.28. The quantitative estimate of drug-likeness (QED) is 0.740. The minimum absolute atomic E-state index is 0.156. The van der Waals surface area contributed by atoms with E-state index >= 15 is 0 Å². The number of hydrogen-bond acceptors (Lipinski definition) is 4. The molecule has 0 fully saturated rings. The van der Waals surface area contributed by atoms with Crippen LogP contribution in [0.2, 0.25) is 0 Å². The first-order valence-electron chi connectivity index (χ1n) is 8.82. The zero-order valence-corrected chi connectivity index (χ0v) is 17.2. The number of carbonyl (C=O) groups is 2. The summed E-state index contributed by atoms with van der Waals surface area (Å²) in [5.41, 5.74) is 7.82. The Kier molecular flexibility index (Phi) is 6.45. The number of anilines is 2. The molecule has 0 bridgehead atoms. The van der Waals surface area contributed by atoms with E-state index in [0.717, 1.165) is 21.7 Å². The van der Waals surface area contributed by atoms with Gasteiger partial charge in [0.1, 0.15) is 6.04 Å². The summed E-state index contributed by atoms with van der Waals surface area (Å²) in [4.78, 5) is 24.6. The average Bonchev–Trinajstić information content (AvgIpc) is 2.61. The molecule has 0 saturated carbocycles. The highest BCUT2D eigenvalue weighted by Gasteiger charge is 2.32. The number of nitrogens with one attached hydrogen (secondary N) is 1. The molecule has 1 unspecified atom stereocenters. The Bertz CT molecular complexity index is 1000. The molecule has 0 saturated heterocycles. The van der Waals surface area contributed by atoms with E-state index in [2.05, 4.69) is 5.32 Å². The number of hydrogen-bond donors (Lipinski definition) is 2. The summed E-state index contributed by atoms with van der Waals surface area (Å²) in [6, 6.07) is 10.8. The van der Waals surface area contributed by atoms with Crippen molar-refractivity contribution >= 4 is 33.2 Å². The van der Waals surface area contributed by atoms with E-state index in [0.29, 0.717) is 5.69 Å². The van der Waals surface area contributed by atoms with E-state index in [1.807, 2.05) is 19.1 Å². The molecular weight excluding hydrogens is 378 g/mol. The lowest BCUT2D eigenvalue weighted by Gasteiger charge is -2.31. The minimum atomic E-state index is -3.75. The van der Waals surface area contributed by atoms with Crippen molar-refractivity contribution in [3.8, 4) is 0 Å². The fourth-order valence-electron chi connectivity index (χ4n) is 3.02. The highest BCUT2D eigenvalue weighted by Crippen LogP contribution is 2.28. The number of sulfonamides is 1. The number of amides is 2. The second kappa shape index (κ2) is 8.43. The van der Waals surface area contributed by atoms with Crippen LogP contribution in [0.4, 0.5) is 11.4 Å². The maximum Gasteiger partial charge on any atom is 0.250 e. The Hall–Kier alpha value is -2.87. The second-order valence-corrected chi connectivity index (χ2v) is 8.53. The van der Waals surface area contributed by atoms with Crippen LogP contribution in [-0.2, 0) is 14.8 Å². The van der Waals surface area contributed by atoms with E-state index in [-0.39, 0.29) is 17.7 Å². The lowest BCUT2D eigenvalue weighted by molar-refractivity contribution is -0.117. The predicted molar refractivity (Wildman–Crippen MR) is 111 cm³/mol. The first kappa shape index (κ1) is 21.4. The Labute approximate surface area is 165 Å². The molecule has 2 rings (SSSR count). The molecule has 1 atom stereocenters. The highest BCUT2D eigenvalue weighted by molar-refractivity contribution is 7.92. The van der Waals surface area contributed by atoms with Gasteiger partial charge in [0.25, 0.3) is 5.91 Å². The average molecular weight is 404 g/mol. The highest BCUT2D eigenvalue weighted by atomic mass is 32.2. The summed E-state index contributed by atoms with van der Waals surface area (Å²) in [5, 5.41) is 2.65. The van der Waals surface area contributed by atoms with Gasteiger partial charge in [-0.2, -0.15) is 0 Å². The summed E-state index contributed by atoms with van der Waals surface area (Å²) in [6.07, 6.45) is 1.31. The van der Waals surface area contributed by atoms with Gasteiger partial charge in [-0.05, 0) is 49.6 Å². The number of carbonyl (C=O) groups excluding carboxylic acids is 2. The first-order valence-corrected chi connectivity index (χ1v) is 10.7. The van der Waals surface area contributed by atoms with Crippen molar-refractivity contribution in [3.63, 3.8) is 0 Å². The molecule has 0 aliphatic heterocycles. The number of aryl methyl sites for hydroxylation is 2. The Morgan fingerprint density at radius 1 is 1.14 bits per heavy atom. The molecule has 7 nitrogen and oxygen atoms in total. The predicted octanol–water partition coefficient (Wildman–Crippen LogP) is 2.59. The lowest BCUT2D eigenvalue weighted by atomic mass is 10.1. The van der Waals surface area contributed by atoms with Gasteiger partial charge in [-0.25, -0.2) is 8.42 Å². The molecule has 8 heteroatoms. The zero-order chi connectivity index (χ0) is 21.1. The van der Waals surface area contributed by atoms with Crippen LogP contribution in [0.5, 0.6) is 0 Å². The van der Waals surface area contributed by atoms with E-state index in [9.17, 15) is 18.0 Å². The van der Waals surface area contributed by atoms with Crippen molar-refractivity contribution in [1.82, 2.24) is 0 Å². The molecule has 0 heterocycles. The van der Waals surface area contributed by atoms with Crippen LogP contribution in [0.1, 0.15) is 34.8 Å². The second-order valence-electron chi connectivity index (χ2n) is 6.67. The summed E-state index contributed by atoms with van der Waals surface area (Å²) >= 11 is 0. The lowest BCUT2D eigenvalue weighted by Crippen LogP contribution is -2.47. The van der Waals surface area contributed by atoms with E-state index < -0.39 is 27.9 Å². The number of benzene rings is 2. The Morgan fingerprint density at radius 3 is 2.36 bits per heavy atom. The SMILES string of the molecule is CCC(C(=O)Nc1ccccc1C(N)=O)N(c1cc(C)ccc1C)S(C)(=O)=O. The third kappa shape index (κ3) is 4.69. The van der Waals surface area contributed by atoms with Crippen molar-refractivity contribution in [3.05, 3.63) is 59.2 Å². The van der Waals surface area contributed by atoms with Crippen LogP contribution < -0.4 is 15.4 Å². The van der Waals surface area contributed by atoms with Crippen LogP contribution >= 0.6 is 0 Å². The molecule has 0 aromatic heterocycles. The maximum atomic E-state index is 13.0. The Morgan fingerprint density at radius 2 is 1.79 bits per heavy atom. The zero-order valence-electron chi connectivity index (χ0n) is 16.4. The van der Waals surface area contributed by atoms with Crippen LogP contribution in [0.3, 0.4) is 0 Å². The first-order chi connectivity index (χ1) is 13.1. The summed E-state index contributed by atoms with van der Waals surface area (Å²) in [7, 11) is -3.75. The van der Waals surface area contributed by atoms with Crippen molar-refractivity contribution in [2.24, 2.45) is 5.73 Å². The third-order valence-corrected chi connectivity index (χ3v) is 5.55. The van der Waals surface area contributed by atoms with Crippen LogP contribution in [0.15, 0.2) is 42.5 Å². The van der Waals surface area contributed by atoms with Gasteiger partial charge in [-0.1, -0.05) is 31.2 Å². The van der Waals surface area contributed by atoms with E-state index in [1.165, 1.54) is 6.07 Å². The molecule has 0 radical (unpaired) electrons. The summed E-state index contributed by atoms with van der Waals surface area (Å²) in [5.74, 6) is -1.22. The number of primary amides is 1.